The Hall–Kier alpha value is -1.75. The Labute approximate surface area is 126 Å². The summed E-state index contributed by atoms with van der Waals surface area (Å²) in [4.78, 5) is 11.7. The lowest BCUT2D eigenvalue weighted by Gasteiger charge is -2.28. The van der Waals surface area contributed by atoms with E-state index in [-0.39, 0.29) is 0 Å². The molecule has 0 unspecified atom stereocenters. The average Bonchev–Trinajstić information content (AvgIpc) is 2.76. The fourth-order valence-corrected chi connectivity index (χ4v) is 2.85. The number of aromatic nitrogens is 4. The molecule has 5 heteroatoms. The standard InChI is InChI=1S/C16H23N5/c1-11(2)16-17-7-13-9-21(6-5-15(13)18-16)10-14-8-20(4)19-12(14)3/h7-8,11H,5-6,9-10H2,1-4H3. The molecule has 21 heavy (non-hydrogen) atoms. The maximum atomic E-state index is 4.72. The summed E-state index contributed by atoms with van der Waals surface area (Å²) in [5.74, 6) is 1.36. The van der Waals surface area contributed by atoms with E-state index in [0.29, 0.717) is 5.92 Å². The van der Waals surface area contributed by atoms with Gasteiger partial charge in [0.05, 0.1) is 5.69 Å². The second kappa shape index (κ2) is 5.56. The van der Waals surface area contributed by atoms with Crippen LogP contribution in [0, 0.1) is 6.92 Å². The molecular formula is C16H23N5. The van der Waals surface area contributed by atoms with E-state index < -0.39 is 0 Å². The molecule has 1 aliphatic heterocycles. The van der Waals surface area contributed by atoms with Crippen molar-refractivity contribution in [1.82, 2.24) is 24.6 Å². The van der Waals surface area contributed by atoms with Crippen LogP contribution in [0.2, 0.25) is 0 Å². The van der Waals surface area contributed by atoms with Crippen LogP contribution >= 0.6 is 0 Å². The third-order valence-corrected chi connectivity index (χ3v) is 4.06. The molecule has 0 saturated carbocycles. The van der Waals surface area contributed by atoms with Crippen molar-refractivity contribution in [3.63, 3.8) is 0 Å². The third-order valence-electron chi connectivity index (χ3n) is 4.06. The molecule has 0 fully saturated rings. The quantitative estimate of drug-likeness (QED) is 0.867. The third kappa shape index (κ3) is 2.97. The highest BCUT2D eigenvalue weighted by molar-refractivity contribution is 5.22. The Morgan fingerprint density at radius 2 is 2.14 bits per heavy atom. The fourth-order valence-electron chi connectivity index (χ4n) is 2.85. The van der Waals surface area contributed by atoms with E-state index in [1.54, 1.807) is 0 Å². The molecule has 0 spiro atoms. The van der Waals surface area contributed by atoms with Crippen molar-refractivity contribution < 1.29 is 0 Å². The number of aryl methyl sites for hydroxylation is 2. The Morgan fingerprint density at radius 3 is 2.81 bits per heavy atom. The summed E-state index contributed by atoms with van der Waals surface area (Å²) in [6.45, 7) is 9.29. The predicted octanol–water partition coefficient (Wildman–Crippen LogP) is 2.20. The summed E-state index contributed by atoms with van der Waals surface area (Å²) in [5.41, 5.74) is 4.93. The molecule has 1 aliphatic rings. The molecule has 0 atom stereocenters. The number of rotatable bonds is 3. The maximum absolute atomic E-state index is 4.72. The molecule has 112 valence electrons. The van der Waals surface area contributed by atoms with Gasteiger partial charge in [-0.25, -0.2) is 9.97 Å². The summed E-state index contributed by atoms with van der Waals surface area (Å²) in [7, 11) is 1.98. The molecular weight excluding hydrogens is 262 g/mol. The van der Waals surface area contributed by atoms with Gasteiger partial charge in [0.2, 0.25) is 0 Å². The van der Waals surface area contributed by atoms with Gasteiger partial charge < -0.3 is 0 Å². The van der Waals surface area contributed by atoms with Gasteiger partial charge in [0, 0.05) is 68.2 Å². The highest BCUT2D eigenvalue weighted by Crippen LogP contribution is 2.21. The van der Waals surface area contributed by atoms with Gasteiger partial charge in [0.25, 0.3) is 0 Å². The molecule has 2 aromatic rings. The first-order chi connectivity index (χ1) is 10.0. The Kier molecular flexibility index (Phi) is 3.76. The number of nitrogens with zero attached hydrogens (tertiary/aromatic N) is 5. The van der Waals surface area contributed by atoms with Crippen molar-refractivity contribution in [3.05, 3.63) is 40.7 Å². The molecule has 0 saturated heterocycles. The molecule has 2 aromatic heterocycles. The Morgan fingerprint density at radius 1 is 1.33 bits per heavy atom. The van der Waals surface area contributed by atoms with Gasteiger partial charge in [0.1, 0.15) is 5.82 Å². The summed E-state index contributed by atoms with van der Waals surface area (Å²) in [5, 5.41) is 4.42. The van der Waals surface area contributed by atoms with Gasteiger partial charge in [-0.1, -0.05) is 13.8 Å². The lowest BCUT2D eigenvalue weighted by molar-refractivity contribution is 0.242. The first-order valence-corrected chi connectivity index (χ1v) is 7.59. The summed E-state index contributed by atoms with van der Waals surface area (Å²) >= 11 is 0. The van der Waals surface area contributed by atoms with Crippen LogP contribution in [0.4, 0.5) is 0 Å². The van der Waals surface area contributed by atoms with Crippen LogP contribution in [0.1, 0.15) is 48.1 Å². The minimum Gasteiger partial charge on any atom is -0.294 e. The zero-order valence-electron chi connectivity index (χ0n) is 13.3. The Balaban J connectivity index is 1.74. The van der Waals surface area contributed by atoms with Crippen molar-refractivity contribution in [2.45, 2.75) is 46.2 Å². The first kappa shape index (κ1) is 14.2. The maximum Gasteiger partial charge on any atom is 0.131 e. The van der Waals surface area contributed by atoms with Crippen molar-refractivity contribution in [3.8, 4) is 0 Å². The zero-order valence-corrected chi connectivity index (χ0v) is 13.3. The van der Waals surface area contributed by atoms with Gasteiger partial charge >= 0.3 is 0 Å². The Bertz CT molecular complexity index is 644. The molecule has 3 rings (SSSR count). The van der Waals surface area contributed by atoms with E-state index in [1.165, 1.54) is 16.8 Å². The first-order valence-electron chi connectivity index (χ1n) is 7.59. The van der Waals surface area contributed by atoms with Crippen molar-refractivity contribution in [2.75, 3.05) is 6.54 Å². The van der Waals surface area contributed by atoms with Gasteiger partial charge in [-0.2, -0.15) is 5.10 Å². The van der Waals surface area contributed by atoms with Crippen LogP contribution < -0.4 is 0 Å². The topological polar surface area (TPSA) is 46.8 Å². The molecule has 0 radical (unpaired) electrons. The number of hydrogen-bond acceptors (Lipinski definition) is 4. The number of hydrogen-bond donors (Lipinski definition) is 0. The minimum absolute atomic E-state index is 0.395. The molecule has 0 aromatic carbocycles. The molecule has 3 heterocycles. The van der Waals surface area contributed by atoms with Gasteiger partial charge in [-0.3, -0.25) is 9.58 Å². The predicted molar refractivity (Wildman–Crippen MR) is 81.9 cm³/mol. The lowest BCUT2D eigenvalue weighted by Crippen LogP contribution is -2.31. The van der Waals surface area contributed by atoms with Crippen LogP contribution in [-0.4, -0.2) is 31.2 Å². The average molecular weight is 285 g/mol. The van der Waals surface area contributed by atoms with E-state index in [1.807, 2.05) is 17.9 Å². The van der Waals surface area contributed by atoms with E-state index in [4.69, 9.17) is 4.98 Å². The summed E-state index contributed by atoms with van der Waals surface area (Å²) in [6.07, 6.45) is 5.14. The van der Waals surface area contributed by atoms with Gasteiger partial charge in [0.15, 0.2) is 0 Å². The minimum atomic E-state index is 0.395. The SMILES string of the molecule is Cc1nn(C)cc1CN1CCc2nc(C(C)C)ncc2C1. The highest BCUT2D eigenvalue weighted by Gasteiger charge is 2.20. The van der Waals surface area contributed by atoms with Gasteiger partial charge in [-0.15, -0.1) is 0 Å². The number of fused-ring (bicyclic) bond motifs is 1. The zero-order chi connectivity index (χ0) is 15.0. The summed E-state index contributed by atoms with van der Waals surface area (Å²) in [6, 6.07) is 0. The van der Waals surface area contributed by atoms with Crippen molar-refractivity contribution in [1.29, 1.82) is 0 Å². The lowest BCUT2D eigenvalue weighted by atomic mass is 10.1. The molecule has 0 N–H and O–H groups in total. The van der Waals surface area contributed by atoms with Crippen LogP contribution in [0.15, 0.2) is 12.4 Å². The fraction of sp³-hybridized carbons (Fsp3) is 0.562. The molecule has 0 aliphatic carbocycles. The van der Waals surface area contributed by atoms with Gasteiger partial charge in [-0.05, 0) is 6.92 Å². The normalized spacial score (nSPS) is 15.5. The van der Waals surface area contributed by atoms with Crippen LogP contribution in [0.5, 0.6) is 0 Å². The van der Waals surface area contributed by atoms with E-state index in [2.05, 4.69) is 42.0 Å². The monoisotopic (exact) mass is 285 g/mol. The molecule has 5 nitrogen and oxygen atoms in total. The van der Waals surface area contributed by atoms with Crippen LogP contribution in [0.25, 0.3) is 0 Å². The van der Waals surface area contributed by atoms with Crippen molar-refractivity contribution >= 4 is 0 Å². The van der Waals surface area contributed by atoms with E-state index in [9.17, 15) is 0 Å². The molecule has 0 bridgehead atoms. The van der Waals surface area contributed by atoms with E-state index in [0.717, 1.165) is 37.6 Å². The van der Waals surface area contributed by atoms with Crippen LogP contribution in [0.3, 0.4) is 0 Å². The smallest absolute Gasteiger partial charge is 0.131 e. The highest BCUT2D eigenvalue weighted by atomic mass is 15.3. The summed E-state index contributed by atoms with van der Waals surface area (Å²) < 4.78 is 1.89. The van der Waals surface area contributed by atoms with Crippen molar-refractivity contribution in [2.24, 2.45) is 7.05 Å². The largest absolute Gasteiger partial charge is 0.294 e. The van der Waals surface area contributed by atoms with E-state index >= 15 is 0 Å². The van der Waals surface area contributed by atoms with Crippen LogP contribution in [-0.2, 0) is 26.6 Å². The second-order valence-corrected chi connectivity index (χ2v) is 6.23. The second-order valence-electron chi connectivity index (χ2n) is 6.23. The molecule has 0 amide bonds.